The highest BCUT2D eigenvalue weighted by Gasteiger charge is 2.62. The van der Waals surface area contributed by atoms with Gasteiger partial charge in [-0.2, -0.15) is 0 Å². The third-order valence-electron chi connectivity index (χ3n) is 13.7. The van der Waals surface area contributed by atoms with E-state index in [1.807, 2.05) is 6.07 Å². The average Bonchev–Trinajstić information content (AvgIpc) is 3.53. The highest BCUT2D eigenvalue weighted by molar-refractivity contribution is 6.04. The predicted molar refractivity (Wildman–Crippen MR) is 220 cm³/mol. The molecule has 3 nitrogen and oxygen atoms in total. The van der Waals surface area contributed by atoms with E-state index < -0.39 is 0 Å². The molecule has 0 aliphatic heterocycles. The van der Waals surface area contributed by atoms with E-state index in [0.29, 0.717) is 23.5 Å². The quantitative estimate of drug-likeness (QED) is 0.184. The van der Waals surface area contributed by atoms with E-state index in [-0.39, 0.29) is 5.41 Å². The molecule has 5 aliphatic carbocycles. The number of aromatic nitrogens is 3. The Morgan fingerprint density at radius 2 is 0.944 bits per heavy atom. The van der Waals surface area contributed by atoms with Gasteiger partial charge in [0.2, 0.25) is 0 Å². The van der Waals surface area contributed by atoms with E-state index in [0.717, 1.165) is 34.4 Å². The molecule has 0 amide bonds. The normalized spacial score (nSPS) is 23.3. The Kier molecular flexibility index (Phi) is 6.52. The Bertz CT molecular complexity index is 2750. The maximum absolute atomic E-state index is 5.29. The van der Waals surface area contributed by atoms with Crippen LogP contribution in [-0.2, 0) is 5.41 Å². The van der Waals surface area contributed by atoms with Gasteiger partial charge in [0, 0.05) is 22.1 Å². The molecular formula is C51H39N3. The van der Waals surface area contributed by atoms with Gasteiger partial charge in [0.15, 0.2) is 17.5 Å². The second-order valence-corrected chi connectivity index (χ2v) is 16.4. The molecule has 4 bridgehead atoms. The molecule has 1 aromatic heterocycles. The van der Waals surface area contributed by atoms with Crippen LogP contribution in [0.3, 0.4) is 0 Å². The molecule has 0 atom stereocenters. The zero-order chi connectivity index (χ0) is 35.4. The van der Waals surface area contributed by atoms with Gasteiger partial charge in [-0.15, -0.1) is 0 Å². The molecule has 1 spiro atoms. The zero-order valence-corrected chi connectivity index (χ0v) is 30.1. The summed E-state index contributed by atoms with van der Waals surface area (Å²) in [6.07, 6.45) is 6.93. The molecule has 13 rings (SSSR count). The van der Waals surface area contributed by atoms with Crippen molar-refractivity contribution >= 4 is 21.5 Å². The average molecular weight is 694 g/mol. The third-order valence-corrected chi connectivity index (χ3v) is 13.7. The molecule has 0 N–H and O–H groups in total. The van der Waals surface area contributed by atoms with Gasteiger partial charge >= 0.3 is 0 Å². The van der Waals surface area contributed by atoms with E-state index in [1.165, 1.54) is 75.9 Å². The highest BCUT2D eigenvalue weighted by atomic mass is 15.0. The summed E-state index contributed by atoms with van der Waals surface area (Å²) >= 11 is 0. The molecular weight excluding hydrogens is 655 g/mol. The van der Waals surface area contributed by atoms with Crippen LogP contribution in [0.5, 0.6) is 0 Å². The molecule has 3 heteroatoms. The minimum absolute atomic E-state index is 0.0861. The van der Waals surface area contributed by atoms with Crippen molar-refractivity contribution in [3.63, 3.8) is 0 Å². The largest absolute Gasteiger partial charge is 0.208 e. The van der Waals surface area contributed by atoms with Crippen LogP contribution in [0.1, 0.15) is 43.2 Å². The van der Waals surface area contributed by atoms with Crippen molar-refractivity contribution in [3.8, 4) is 56.4 Å². The van der Waals surface area contributed by atoms with E-state index >= 15 is 0 Å². The molecule has 54 heavy (non-hydrogen) atoms. The van der Waals surface area contributed by atoms with Gasteiger partial charge < -0.3 is 0 Å². The first-order valence-electron chi connectivity index (χ1n) is 19.8. The van der Waals surface area contributed by atoms with Gasteiger partial charge in [-0.25, -0.2) is 15.0 Å². The second kappa shape index (κ2) is 11.5. The molecule has 4 fully saturated rings. The lowest BCUT2D eigenvalue weighted by atomic mass is 9.43. The number of fused-ring (bicyclic) bond motifs is 6. The lowest BCUT2D eigenvalue weighted by Crippen LogP contribution is -2.55. The molecule has 0 saturated heterocycles. The smallest absolute Gasteiger partial charge is 0.164 e. The first kappa shape index (κ1) is 30.5. The summed E-state index contributed by atoms with van der Waals surface area (Å²) in [6, 6.07) is 55.2. The van der Waals surface area contributed by atoms with Crippen LogP contribution >= 0.6 is 0 Å². The molecule has 4 saturated carbocycles. The van der Waals surface area contributed by atoms with Crippen LogP contribution in [0, 0.1) is 23.7 Å². The predicted octanol–water partition coefficient (Wildman–Crippen LogP) is 12.6. The summed E-state index contributed by atoms with van der Waals surface area (Å²) in [5.41, 5.74) is 11.6. The third kappa shape index (κ3) is 4.33. The number of hydrogen-bond acceptors (Lipinski definition) is 3. The number of hydrogen-bond donors (Lipinski definition) is 0. The first-order valence-corrected chi connectivity index (χ1v) is 19.8. The zero-order valence-electron chi connectivity index (χ0n) is 30.1. The second-order valence-electron chi connectivity index (χ2n) is 16.4. The van der Waals surface area contributed by atoms with E-state index in [4.69, 9.17) is 15.0 Å². The Morgan fingerprint density at radius 1 is 0.370 bits per heavy atom. The summed E-state index contributed by atoms with van der Waals surface area (Å²) in [6.45, 7) is 0. The lowest BCUT2D eigenvalue weighted by molar-refractivity contribution is -0.0393. The Balaban J connectivity index is 1.03. The summed E-state index contributed by atoms with van der Waals surface area (Å²) in [5, 5.41) is 5.10. The Labute approximate surface area is 315 Å². The summed E-state index contributed by atoms with van der Waals surface area (Å²) in [5.74, 6) is 5.31. The van der Waals surface area contributed by atoms with Crippen LogP contribution in [0.15, 0.2) is 152 Å². The summed E-state index contributed by atoms with van der Waals surface area (Å²) in [4.78, 5) is 15.6. The molecule has 5 aliphatic rings. The monoisotopic (exact) mass is 693 g/mol. The van der Waals surface area contributed by atoms with Gasteiger partial charge in [-0.3, -0.25) is 0 Å². The minimum atomic E-state index is 0.0861. The van der Waals surface area contributed by atoms with Crippen molar-refractivity contribution in [1.29, 1.82) is 0 Å². The SMILES string of the molecule is c1ccc(-c2nc(-c3ccc(-c4cccc5ccccc45)cc3)nc(-c3cccc4c5c(ccc34)-c3ccccc3C53C4CC5CC(C4)CC3C5)n2)cc1. The van der Waals surface area contributed by atoms with Gasteiger partial charge in [-0.1, -0.05) is 152 Å². The molecule has 8 aromatic rings. The minimum Gasteiger partial charge on any atom is -0.208 e. The molecule has 258 valence electrons. The van der Waals surface area contributed by atoms with Crippen molar-refractivity contribution in [2.24, 2.45) is 23.7 Å². The van der Waals surface area contributed by atoms with Crippen molar-refractivity contribution in [2.45, 2.75) is 37.5 Å². The fourth-order valence-electron chi connectivity index (χ4n) is 11.8. The van der Waals surface area contributed by atoms with E-state index in [9.17, 15) is 0 Å². The van der Waals surface area contributed by atoms with Crippen molar-refractivity contribution in [2.75, 3.05) is 0 Å². The van der Waals surface area contributed by atoms with E-state index in [2.05, 4.69) is 146 Å². The van der Waals surface area contributed by atoms with Crippen molar-refractivity contribution in [3.05, 3.63) is 163 Å². The van der Waals surface area contributed by atoms with Gasteiger partial charge in [-0.05, 0) is 111 Å². The Morgan fingerprint density at radius 3 is 1.74 bits per heavy atom. The van der Waals surface area contributed by atoms with Crippen LogP contribution in [0.4, 0.5) is 0 Å². The van der Waals surface area contributed by atoms with Crippen LogP contribution in [0.2, 0.25) is 0 Å². The number of rotatable bonds is 4. The van der Waals surface area contributed by atoms with Crippen LogP contribution < -0.4 is 0 Å². The lowest BCUT2D eigenvalue weighted by Gasteiger charge is -2.61. The summed E-state index contributed by atoms with van der Waals surface area (Å²) in [7, 11) is 0. The molecule has 0 radical (unpaired) electrons. The maximum Gasteiger partial charge on any atom is 0.164 e. The summed E-state index contributed by atoms with van der Waals surface area (Å²) < 4.78 is 0. The first-order chi connectivity index (χ1) is 26.7. The topological polar surface area (TPSA) is 38.7 Å². The van der Waals surface area contributed by atoms with Crippen LogP contribution in [-0.4, -0.2) is 15.0 Å². The van der Waals surface area contributed by atoms with Gasteiger partial charge in [0.1, 0.15) is 0 Å². The number of benzene rings is 7. The van der Waals surface area contributed by atoms with Gasteiger partial charge in [0.25, 0.3) is 0 Å². The van der Waals surface area contributed by atoms with Gasteiger partial charge in [0.05, 0.1) is 0 Å². The maximum atomic E-state index is 5.29. The molecule has 1 heterocycles. The number of nitrogens with zero attached hydrogens (tertiary/aromatic N) is 3. The molecule has 7 aromatic carbocycles. The molecule has 0 unspecified atom stereocenters. The van der Waals surface area contributed by atoms with E-state index in [1.54, 1.807) is 11.1 Å². The fourth-order valence-corrected chi connectivity index (χ4v) is 11.8. The Hall–Kier alpha value is -5.93. The van der Waals surface area contributed by atoms with Crippen molar-refractivity contribution in [1.82, 2.24) is 15.0 Å². The fraction of sp³-hybridized carbons (Fsp3) is 0.196. The highest BCUT2D eigenvalue weighted by Crippen LogP contribution is 2.70. The van der Waals surface area contributed by atoms with Crippen LogP contribution in [0.25, 0.3) is 78.0 Å². The standard InChI is InChI=1S/C51H39N3/c1-2-11-35(12-3-1)48-52-49(36-22-20-34(21-23-36)40-16-8-13-33-10-4-5-14-39(33)40)54-50(53-48)45-18-9-17-43-41(45)24-25-44-42-15-6-7-19-46(42)51(47(43)44)37-27-31-26-32(29-37)30-38(51)28-31/h1-25,31-32,37-38H,26-30H2. The van der Waals surface area contributed by atoms with Crippen molar-refractivity contribution < 1.29 is 0 Å².